The summed E-state index contributed by atoms with van der Waals surface area (Å²) in [4.78, 5) is 15.3. The Morgan fingerprint density at radius 3 is 2.60 bits per heavy atom. The number of fused-ring (bicyclic) bond motifs is 2. The van der Waals surface area contributed by atoms with Crippen LogP contribution in [0.1, 0.15) is 56.2 Å². The number of carbonyl (C=O) groups excluding carboxylic acids is 1. The fourth-order valence-corrected chi connectivity index (χ4v) is 6.43. The quantitative estimate of drug-likeness (QED) is 0.469. The Bertz CT molecular complexity index is 1100. The molecule has 6 heteroatoms. The molecule has 0 aliphatic carbocycles. The third-order valence-electron chi connectivity index (χ3n) is 7.81. The molecule has 2 aromatic rings. The molecule has 2 saturated heterocycles. The van der Waals surface area contributed by atoms with E-state index in [-0.39, 0.29) is 11.5 Å². The molecule has 185 valence electrons. The number of carbonyl (C=O) groups is 1. The minimum absolute atomic E-state index is 0.0352. The molecule has 2 atom stereocenters. The number of nitrogens with one attached hydrogen (secondary N) is 1. The van der Waals surface area contributed by atoms with Crippen LogP contribution in [0.4, 0.5) is 0 Å². The molecular weight excluding hydrogens is 479 g/mol. The predicted octanol–water partition coefficient (Wildman–Crippen LogP) is 6.19. The second-order valence-corrected chi connectivity index (χ2v) is 11.3. The van der Waals surface area contributed by atoms with E-state index in [0.717, 1.165) is 62.4 Å². The summed E-state index contributed by atoms with van der Waals surface area (Å²) >= 11 is 12.6. The fourth-order valence-electron chi connectivity index (χ4n) is 5.91. The summed E-state index contributed by atoms with van der Waals surface area (Å²) in [5, 5.41) is 4.75. The van der Waals surface area contributed by atoms with E-state index >= 15 is 0 Å². The Kier molecular flexibility index (Phi) is 7.28. The maximum atomic E-state index is 12.8. The molecule has 0 aromatic heterocycles. The van der Waals surface area contributed by atoms with Gasteiger partial charge in [-0.25, -0.2) is 0 Å². The third kappa shape index (κ3) is 5.04. The highest BCUT2D eigenvalue weighted by Crippen LogP contribution is 2.46. The minimum Gasteiger partial charge on any atom is -0.492 e. The molecule has 2 aromatic carbocycles. The van der Waals surface area contributed by atoms with Crippen molar-refractivity contribution in [3.05, 3.63) is 69.1 Å². The van der Waals surface area contributed by atoms with Crippen LogP contribution in [0.3, 0.4) is 0 Å². The van der Waals surface area contributed by atoms with Gasteiger partial charge in [-0.3, -0.25) is 9.69 Å². The number of rotatable bonds is 6. The van der Waals surface area contributed by atoms with Crippen LogP contribution >= 0.6 is 23.2 Å². The van der Waals surface area contributed by atoms with Gasteiger partial charge in [0.2, 0.25) is 0 Å². The standard InChI is InChI=1S/C29H33Cl2N2O2/c1-19(2)16-26(34)28-25(10-13-32-28)33-14-11-29(12-15-33)18-35-27-17-20(7-9-22(27)29)6-8-21-23(30)4-3-5-24(21)31/h3-9,17,25,28,32H,10-16,18H2,1-2H3/b8-6+/t25?,28-/m0/s1. The van der Waals surface area contributed by atoms with Crippen LogP contribution in [-0.2, 0) is 10.2 Å². The van der Waals surface area contributed by atoms with Crippen molar-refractivity contribution < 1.29 is 9.53 Å². The second kappa shape index (κ2) is 10.3. The lowest BCUT2D eigenvalue weighted by Crippen LogP contribution is -2.53. The Morgan fingerprint density at radius 2 is 1.89 bits per heavy atom. The number of hydrogen-bond acceptors (Lipinski definition) is 4. The molecule has 0 bridgehead atoms. The average molecular weight is 513 g/mol. The van der Waals surface area contributed by atoms with Crippen LogP contribution in [0.2, 0.25) is 10.0 Å². The Morgan fingerprint density at radius 1 is 1.14 bits per heavy atom. The van der Waals surface area contributed by atoms with Gasteiger partial charge in [0.05, 0.1) is 12.6 Å². The van der Waals surface area contributed by atoms with Crippen molar-refractivity contribution in [1.29, 1.82) is 0 Å². The molecule has 0 saturated carbocycles. The van der Waals surface area contributed by atoms with Crippen LogP contribution in [-0.4, -0.2) is 49.0 Å². The first-order valence-corrected chi connectivity index (χ1v) is 13.3. The van der Waals surface area contributed by atoms with Crippen molar-refractivity contribution in [2.75, 3.05) is 26.2 Å². The summed E-state index contributed by atoms with van der Waals surface area (Å²) in [6, 6.07) is 12.3. The number of halogens is 2. The van der Waals surface area contributed by atoms with Crippen LogP contribution in [0.5, 0.6) is 5.75 Å². The van der Waals surface area contributed by atoms with Gasteiger partial charge in [-0.2, -0.15) is 0 Å². The predicted molar refractivity (Wildman–Crippen MR) is 144 cm³/mol. The van der Waals surface area contributed by atoms with Crippen molar-refractivity contribution in [3.63, 3.8) is 0 Å². The number of likely N-dealkylation sites (tertiary alicyclic amines) is 1. The summed E-state index contributed by atoms with van der Waals surface area (Å²) < 4.78 is 6.22. The van der Waals surface area contributed by atoms with E-state index in [1.807, 2.05) is 44.2 Å². The molecule has 3 aliphatic heterocycles. The van der Waals surface area contributed by atoms with Gasteiger partial charge >= 0.3 is 0 Å². The molecular formula is C29H33Cl2N2O2. The molecule has 1 unspecified atom stereocenters. The van der Waals surface area contributed by atoms with Gasteiger partial charge in [-0.05, 0) is 68.6 Å². The highest BCUT2D eigenvalue weighted by molar-refractivity contribution is 6.37. The fraction of sp³-hybridized carbons (Fsp3) is 0.448. The number of Topliss-reactive ketones (excluding diaryl/α,β-unsaturated/α-hetero) is 1. The number of ketones is 1. The largest absolute Gasteiger partial charge is 0.492 e. The minimum atomic E-state index is -0.0352. The smallest absolute Gasteiger partial charge is 0.151 e. The molecule has 5 rings (SSSR count). The van der Waals surface area contributed by atoms with Crippen LogP contribution < -0.4 is 10.1 Å². The molecule has 3 aliphatic rings. The zero-order valence-electron chi connectivity index (χ0n) is 20.4. The van der Waals surface area contributed by atoms with Gasteiger partial charge in [-0.1, -0.05) is 67.4 Å². The molecule has 0 amide bonds. The lowest BCUT2D eigenvalue weighted by molar-refractivity contribution is -0.121. The van der Waals surface area contributed by atoms with E-state index in [1.54, 1.807) is 0 Å². The van der Waals surface area contributed by atoms with Crippen LogP contribution in [0.15, 0.2) is 36.4 Å². The third-order valence-corrected chi connectivity index (χ3v) is 8.47. The first-order valence-electron chi connectivity index (χ1n) is 12.5. The zero-order valence-corrected chi connectivity index (χ0v) is 22.0. The maximum absolute atomic E-state index is 12.8. The molecule has 3 heterocycles. The van der Waals surface area contributed by atoms with Crippen molar-refractivity contribution in [1.82, 2.24) is 10.2 Å². The number of hydrogen-bond donors (Lipinski definition) is 1. The topological polar surface area (TPSA) is 41.6 Å². The normalized spacial score (nSPS) is 23.8. The van der Waals surface area contributed by atoms with E-state index in [9.17, 15) is 4.79 Å². The van der Waals surface area contributed by atoms with Gasteiger partial charge < -0.3 is 10.1 Å². The maximum Gasteiger partial charge on any atom is 0.151 e. The molecule has 35 heavy (non-hydrogen) atoms. The van der Waals surface area contributed by atoms with Gasteiger partial charge in [-0.15, -0.1) is 0 Å². The van der Waals surface area contributed by atoms with E-state index in [4.69, 9.17) is 27.9 Å². The first-order chi connectivity index (χ1) is 16.9. The molecule has 1 spiro atoms. The lowest BCUT2D eigenvalue weighted by Gasteiger charge is -2.42. The second-order valence-electron chi connectivity index (χ2n) is 10.5. The average Bonchev–Trinajstić information content (AvgIpc) is 3.45. The van der Waals surface area contributed by atoms with Gasteiger partial charge in [0.15, 0.2) is 5.78 Å². The van der Waals surface area contributed by atoms with E-state index in [2.05, 4.69) is 28.4 Å². The van der Waals surface area contributed by atoms with Crippen LogP contribution in [0, 0.1) is 5.92 Å². The highest BCUT2D eigenvalue weighted by Gasteiger charge is 2.46. The Balaban J connectivity index is 1.26. The molecule has 1 radical (unpaired) electrons. The highest BCUT2D eigenvalue weighted by atomic mass is 35.5. The SMILES string of the molecule is C[C](C)CC(=O)[C@H]1NCCC1N1CCC2(CC1)COc1cc(/C=C/c3c(Cl)cccc3Cl)ccc12. The van der Waals surface area contributed by atoms with Gasteiger partial charge in [0, 0.05) is 39.0 Å². The summed E-state index contributed by atoms with van der Waals surface area (Å²) in [5.74, 6) is 2.50. The molecule has 1 N–H and O–H groups in total. The van der Waals surface area contributed by atoms with Gasteiger partial charge in [0.25, 0.3) is 0 Å². The van der Waals surface area contributed by atoms with Crippen molar-refractivity contribution in [3.8, 4) is 5.75 Å². The molecule has 4 nitrogen and oxygen atoms in total. The van der Waals surface area contributed by atoms with Gasteiger partial charge in [0.1, 0.15) is 5.75 Å². The summed E-state index contributed by atoms with van der Waals surface area (Å²) in [5.41, 5.74) is 3.28. The Hall–Kier alpha value is -1.85. The van der Waals surface area contributed by atoms with Crippen LogP contribution in [0.25, 0.3) is 12.2 Å². The monoisotopic (exact) mass is 511 g/mol. The summed E-state index contributed by atoms with van der Waals surface area (Å²) in [7, 11) is 0. The van der Waals surface area contributed by atoms with E-state index < -0.39 is 0 Å². The summed E-state index contributed by atoms with van der Waals surface area (Å²) in [6.07, 6.45) is 7.73. The number of benzene rings is 2. The first kappa shape index (κ1) is 24.8. The van der Waals surface area contributed by atoms with Crippen molar-refractivity contribution in [2.24, 2.45) is 0 Å². The molecule has 2 fully saturated rings. The van der Waals surface area contributed by atoms with Crippen molar-refractivity contribution >= 4 is 41.1 Å². The summed E-state index contributed by atoms with van der Waals surface area (Å²) in [6.45, 7) is 7.73. The van der Waals surface area contributed by atoms with E-state index in [1.165, 1.54) is 11.5 Å². The zero-order chi connectivity index (χ0) is 24.6. The number of piperidine rings is 1. The Labute approximate surface area is 218 Å². The number of nitrogens with zero attached hydrogens (tertiary/aromatic N) is 1. The van der Waals surface area contributed by atoms with E-state index in [0.29, 0.717) is 28.3 Å². The number of ether oxygens (including phenoxy) is 1. The van der Waals surface area contributed by atoms with Crippen molar-refractivity contribution in [2.45, 2.75) is 57.0 Å². The lowest BCUT2D eigenvalue weighted by atomic mass is 9.74.